The highest BCUT2D eigenvalue weighted by atomic mass is 19.1. The summed E-state index contributed by atoms with van der Waals surface area (Å²) in [5, 5.41) is 0. The van der Waals surface area contributed by atoms with E-state index in [9.17, 15) is 9.18 Å². The van der Waals surface area contributed by atoms with E-state index in [1.165, 1.54) is 12.1 Å². The monoisotopic (exact) mass is 374 g/mol. The van der Waals surface area contributed by atoms with E-state index in [-0.39, 0.29) is 24.2 Å². The smallest absolute Gasteiger partial charge is 0.227 e. The van der Waals surface area contributed by atoms with Crippen LogP contribution in [0.1, 0.15) is 35.8 Å². The van der Waals surface area contributed by atoms with E-state index < -0.39 is 0 Å². The van der Waals surface area contributed by atoms with Gasteiger partial charge in [-0.2, -0.15) is 0 Å². The summed E-state index contributed by atoms with van der Waals surface area (Å²) in [7, 11) is 0. The number of halogens is 1. The molecule has 2 heterocycles. The number of aryl methyl sites for hydroxylation is 1. The van der Waals surface area contributed by atoms with Crippen molar-refractivity contribution in [2.75, 3.05) is 6.54 Å². The molecule has 28 heavy (non-hydrogen) atoms. The molecule has 0 spiro atoms. The third kappa shape index (κ3) is 3.96. The van der Waals surface area contributed by atoms with Crippen LogP contribution in [-0.4, -0.2) is 22.3 Å². The number of carbonyl (C=O) groups is 1. The Balaban J connectivity index is 1.58. The Bertz CT molecular complexity index is 970. The van der Waals surface area contributed by atoms with Crippen LogP contribution in [0, 0.1) is 12.7 Å². The van der Waals surface area contributed by atoms with Crippen molar-refractivity contribution in [3.8, 4) is 11.1 Å². The van der Waals surface area contributed by atoms with Crippen molar-refractivity contribution in [3.05, 3.63) is 89.5 Å². The molecule has 142 valence electrons. The summed E-state index contributed by atoms with van der Waals surface area (Å²) in [6, 6.07) is 20.6. The van der Waals surface area contributed by atoms with Crippen LogP contribution in [0.4, 0.5) is 4.39 Å². The number of rotatable bonds is 4. The summed E-state index contributed by atoms with van der Waals surface area (Å²) in [4.78, 5) is 19.6. The highest BCUT2D eigenvalue weighted by Gasteiger charge is 2.31. The zero-order valence-corrected chi connectivity index (χ0v) is 15.9. The minimum Gasteiger partial charge on any atom is -0.334 e. The molecule has 2 aromatic carbocycles. The molecule has 4 heteroatoms. The Morgan fingerprint density at radius 3 is 2.57 bits per heavy atom. The van der Waals surface area contributed by atoms with Crippen LogP contribution < -0.4 is 0 Å². The summed E-state index contributed by atoms with van der Waals surface area (Å²) in [5.41, 5.74) is 5.01. The Morgan fingerprint density at radius 2 is 1.82 bits per heavy atom. The van der Waals surface area contributed by atoms with Gasteiger partial charge in [0, 0.05) is 12.2 Å². The molecule has 1 aliphatic rings. The first kappa shape index (κ1) is 18.4. The fourth-order valence-corrected chi connectivity index (χ4v) is 3.91. The Hall–Kier alpha value is -3.01. The van der Waals surface area contributed by atoms with Crippen LogP contribution in [0.5, 0.6) is 0 Å². The van der Waals surface area contributed by atoms with Crippen LogP contribution in [0.15, 0.2) is 66.7 Å². The van der Waals surface area contributed by atoms with Gasteiger partial charge in [0.2, 0.25) is 5.91 Å². The van der Waals surface area contributed by atoms with Crippen LogP contribution >= 0.6 is 0 Å². The molecule has 1 unspecified atom stereocenters. The molecule has 1 aliphatic heterocycles. The maximum Gasteiger partial charge on any atom is 0.227 e. The average molecular weight is 374 g/mol. The van der Waals surface area contributed by atoms with Gasteiger partial charge in [-0.25, -0.2) is 4.39 Å². The molecule has 1 fully saturated rings. The zero-order chi connectivity index (χ0) is 19.5. The number of carbonyl (C=O) groups excluding carboxylic acids is 1. The van der Waals surface area contributed by atoms with E-state index in [0.717, 1.165) is 47.5 Å². The minimum absolute atomic E-state index is 0.00434. The number of benzene rings is 2. The summed E-state index contributed by atoms with van der Waals surface area (Å²) in [6.45, 7) is 2.73. The van der Waals surface area contributed by atoms with Crippen molar-refractivity contribution in [2.45, 2.75) is 32.2 Å². The number of nitrogens with zero attached hydrogens (tertiary/aromatic N) is 2. The first-order valence-electron chi connectivity index (χ1n) is 9.68. The second-order valence-electron chi connectivity index (χ2n) is 7.34. The Kier molecular flexibility index (Phi) is 5.20. The van der Waals surface area contributed by atoms with Gasteiger partial charge in [0.05, 0.1) is 18.2 Å². The molecular weight excluding hydrogens is 351 g/mol. The van der Waals surface area contributed by atoms with E-state index >= 15 is 0 Å². The standard InChI is InChI=1S/C24H23FN2O/c1-17-14-20(19-6-3-2-4-7-19)16-22(26-17)23-8-5-13-27(23)24(28)15-18-9-11-21(25)12-10-18/h2-4,6-7,9-12,14,16,23H,5,8,13,15H2,1H3. The number of hydrogen-bond donors (Lipinski definition) is 0. The number of pyridine rings is 1. The lowest BCUT2D eigenvalue weighted by Crippen LogP contribution is -2.32. The lowest BCUT2D eigenvalue weighted by molar-refractivity contribution is -0.131. The third-order valence-corrected chi connectivity index (χ3v) is 5.26. The maximum absolute atomic E-state index is 13.1. The first-order chi connectivity index (χ1) is 13.6. The molecule has 3 nitrogen and oxygen atoms in total. The van der Waals surface area contributed by atoms with Crippen molar-refractivity contribution in [3.63, 3.8) is 0 Å². The van der Waals surface area contributed by atoms with Crippen LogP contribution in [0.25, 0.3) is 11.1 Å². The first-order valence-corrected chi connectivity index (χ1v) is 9.68. The van der Waals surface area contributed by atoms with Crippen molar-refractivity contribution >= 4 is 5.91 Å². The molecule has 1 amide bonds. The Morgan fingerprint density at radius 1 is 1.07 bits per heavy atom. The van der Waals surface area contributed by atoms with Gasteiger partial charge in [-0.05, 0) is 60.7 Å². The van der Waals surface area contributed by atoms with Gasteiger partial charge in [0.25, 0.3) is 0 Å². The fourth-order valence-electron chi connectivity index (χ4n) is 3.91. The molecule has 0 radical (unpaired) electrons. The summed E-state index contributed by atoms with van der Waals surface area (Å²) in [6.07, 6.45) is 2.17. The fraction of sp³-hybridized carbons (Fsp3) is 0.250. The number of hydrogen-bond acceptors (Lipinski definition) is 2. The molecule has 1 saturated heterocycles. The molecule has 4 rings (SSSR count). The Labute approximate surface area is 164 Å². The van der Waals surface area contributed by atoms with Crippen LogP contribution in [0.3, 0.4) is 0 Å². The quantitative estimate of drug-likeness (QED) is 0.636. The predicted molar refractivity (Wildman–Crippen MR) is 108 cm³/mol. The van der Waals surface area contributed by atoms with Gasteiger partial charge in [0.1, 0.15) is 5.82 Å². The summed E-state index contributed by atoms with van der Waals surface area (Å²) < 4.78 is 13.1. The van der Waals surface area contributed by atoms with E-state index in [0.29, 0.717) is 0 Å². The second kappa shape index (κ2) is 7.93. The third-order valence-electron chi connectivity index (χ3n) is 5.26. The second-order valence-corrected chi connectivity index (χ2v) is 7.34. The largest absolute Gasteiger partial charge is 0.334 e. The van der Waals surface area contributed by atoms with Gasteiger partial charge >= 0.3 is 0 Å². The van der Waals surface area contributed by atoms with Gasteiger partial charge in [-0.15, -0.1) is 0 Å². The normalized spacial score (nSPS) is 16.4. The summed E-state index contributed by atoms with van der Waals surface area (Å²) in [5.74, 6) is -0.216. The van der Waals surface area contributed by atoms with Crippen molar-refractivity contribution in [2.24, 2.45) is 0 Å². The van der Waals surface area contributed by atoms with E-state index in [1.54, 1.807) is 12.1 Å². The van der Waals surface area contributed by atoms with E-state index in [4.69, 9.17) is 4.98 Å². The van der Waals surface area contributed by atoms with Crippen molar-refractivity contribution in [1.29, 1.82) is 0 Å². The number of aromatic nitrogens is 1. The van der Waals surface area contributed by atoms with Gasteiger partial charge in [-0.3, -0.25) is 9.78 Å². The lowest BCUT2D eigenvalue weighted by Gasteiger charge is -2.25. The SMILES string of the molecule is Cc1cc(-c2ccccc2)cc(C2CCCN2C(=O)Cc2ccc(F)cc2)n1. The van der Waals surface area contributed by atoms with Gasteiger partial charge in [-0.1, -0.05) is 42.5 Å². The maximum atomic E-state index is 13.1. The zero-order valence-electron chi connectivity index (χ0n) is 15.9. The molecule has 1 atom stereocenters. The molecule has 3 aromatic rings. The highest BCUT2D eigenvalue weighted by molar-refractivity contribution is 5.79. The highest BCUT2D eigenvalue weighted by Crippen LogP contribution is 2.33. The van der Waals surface area contributed by atoms with Crippen molar-refractivity contribution in [1.82, 2.24) is 9.88 Å². The van der Waals surface area contributed by atoms with E-state index in [2.05, 4.69) is 24.3 Å². The molecule has 0 saturated carbocycles. The minimum atomic E-state index is -0.285. The van der Waals surface area contributed by atoms with Crippen LogP contribution in [0.2, 0.25) is 0 Å². The lowest BCUT2D eigenvalue weighted by atomic mass is 10.0. The van der Waals surface area contributed by atoms with Crippen molar-refractivity contribution < 1.29 is 9.18 Å². The summed E-state index contributed by atoms with van der Waals surface area (Å²) >= 11 is 0. The molecular formula is C24H23FN2O. The number of likely N-dealkylation sites (tertiary alicyclic amines) is 1. The molecule has 0 N–H and O–H groups in total. The molecule has 1 aromatic heterocycles. The van der Waals surface area contributed by atoms with Gasteiger partial charge < -0.3 is 4.90 Å². The number of amides is 1. The van der Waals surface area contributed by atoms with Gasteiger partial charge in [0.15, 0.2) is 0 Å². The topological polar surface area (TPSA) is 33.2 Å². The van der Waals surface area contributed by atoms with E-state index in [1.807, 2.05) is 30.0 Å². The van der Waals surface area contributed by atoms with Crippen LogP contribution in [-0.2, 0) is 11.2 Å². The average Bonchev–Trinajstić information content (AvgIpc) is 3.20. The predicted octanol–water partition coefficient (Wildman–Crippen LogP) is 5.10. The molecule has 0 aliphatic carbocycles. The molecule has 0 bridgehead atoms.